The van der Waals surface area contributed by atoms with E-state index in [0.717, 1.165) is 24.4 Å². The normalized spacial score (nSPS) is 37.8. The Hall–Kier alpha value is -0.0800. The lowest BCUT2D eigenvalue weighted by Gasteiger charge is -2.49. The Bertz CT molecular complexity index is 274. The van der Waals surface area contributed by atoms with E-state index >= 15 is 0 Å². The zero-order valence-corrected chi connectivity index (χ0v) is 11.3. The smallest absolute Gasteiger partial charge is 0.0309 e. The van der Waals surface area contributed by atoms with Crippen molar-refractivity contribution in [3.63, 3.8) is 0 Å². The molecule has 0 aromatic heterocycles. The Morgan fingerprint density at radius 1 is 1.12 bits per heavy atom. The third-order valence-corrected chi connectivity index (χ3v) is 5.55. The van der Waals surface area contributed by atoms with Gasteiger partial charge in [0.15, 0.2) is 0 Å². The van der Waals surface area contributed by atoms with E-state index in [0.29, 0.717) is 5.54 Å². The fourth-order valence-corrected chi connectivity index (χ4v) is 4.39. The van der Waals surface area contributed by atoms with Crippen LogP contribution in [0.5, 0.6) is 0 Å². The minimum atomic E-state index is 0.300. The van der Waals surface area contributed by atoms with Crippen LogP contribution in [-0.2, 0) is 0 Å². The lowest BCUT2D eigenvalue weighted by Crippen LogP contribution is -2.59. The monoisotopic (exact) mass is 236 g/mol. The highest BCUT2D eigenvalue weighted by Gasteiger charge is 2.44. The summed E-state index contributed by atoms with van der Waals surface area (Å²) < 4.78 is 0. The van der Waals surface area contributed by atoms with Crippen molar-refractivity contribution in [2.75, 3.05) is 13.1 Å². The summed E-state index contributed by atoms with van der Waals surface area (Å²) in [6, 6.07) is 0.871. The minimum absolute atomic E-state index is 0.300. The quantitative estimate of drug-likeness (QED) is 0.813. The molecule has 0 aromatic rings. The van der Waals surface area contributed by atoms with Gasteiger partial charge in [-0.15, -0.1) is 0 Å². The summed E-state index contributed by atoms with van der Waals surface area (Å²) >= 11 is 0. The lowest BCUT2D eigenvalue weighted by atomic mass is 9.84. The molecule has 2 nitrogen and oxygen atoms in total. The molecule has 0 bridgehead atoms. The number of nitrogens with zero attached hydrogens (tertiary/aromatic N) is 1. The zero-order chi connectivity index (χ0) is 11.9. The lowest BCUT2D eigenvalue weighted by molar-refractivity contribution is 0.00577. The van der Waals surface area contributed by atoms with E-state index in [9.17, 15) is 0 Å². The van der Waals surface area contributed by atoms with Gasteiger partial charge in [0.05, 0.1) is 0 Å². The molecule has 0 radical (unpaired) electrons. The number of piperidine rings is 1. The van der Waals surface area contributed by atoms with Gasteiger partial charge < -0.3 is 5.73 Å². The Labute approximate surface area is 106 Å². The summed E-state index contributed by atoms with van der Waals surface area (Å²) in [5.41, 5.74) is 6.46. The molecule has 3 rings (SSSR count). The van der Waals surface area contributed by atoms with Gasteiger partial charge in [-0.05, 0) is 57.4 Å². The molecule has 0 amide bonds. The average Bonchev–Trinajstić information content (AvgIpc) is 3.02. The number of rotatable bonds is 4. The van der Waals surface area contributed by atoms with Gasteiger partial charge in [-0.2, -0.15) is 0 Å². The third-order valence-electron chi connectivity index (χ3n) is 5.55. The summed E-state index contributed by atoms with van der Waals surface area (Å²) in [5, 5.41) is 0. The van der Waals surface area contributed by atoms with Crippen LogP contribution in [0.3, 0.4) is 0 Å². The maximum Gasteiger partial charge on any atom is 0.0309 e. The van der Waals surface area contributed by atoms with Crippen molar-refractivity contribution in [2.24, 2.45) is 17.6 Å². The van der Waals surface area contributed by atoms with E-state index in [1.807, 2.05) is 0 Å². The second-order valence-electron chi connectivity index (χ2n) is 6.94. The van der Waals surface area contributed by atoms with Crippen LogP contribution in [0.1, 0.15) is 58.3 Å². The van der Waals surface area contributed by atoms with Crippen molar-refractivity contribution in [2.45, 2.75) is 69.9 Å². The molecule has 17 heavy (non-hydrogen) atoms. The van der Waals surface area contributed by atoms with Crippen molar-refractivity contribution >= 4 is 0 Å². The predicted molar refractivity (Wildman–Crippen MR) is 71.9 cm³/mol. The summed E-state index contributed by atoms with van der Waals surface area (Å²) in [6.45, 7) is 4.60. The van der Waals surface area contributed by atoms with Crippen LogP contribution >= 0.6 is 0 Å². The predicted octanol–water partition coefficient (Wildman–Crippen LogP) is 2.77. The summed E-state index contributed by atoms with van der Waals surface area (Å²) in [6.07, 6.45) is 11.5. The number of likely N-dealkylation sites (tertiary alicyclic amines) is 1. The van der Waals surface area contributed by atoms with Gasteiger partial charge in [-0.25, -0.2) is 0 Å². The summed E-state index contributed by atoms with van der Waals surface area (Å²) in [7, 11) is 0. The van der Waals surface area contributed by atoms with Gasteiger partial charge in [0.25, 0.3) is 0 Å². The first kappa shape index (κ1) is 12.0. The van der Waals surface area contributed by atoms with Crippen LogP contribution in [0.4, 0.5) is 0 Å². The summed E-state index contributed by atoms with van der Waals surface area (Å²) in [4.78, 5) is 2.83. The fraction of sp³-hybridized carbons (Fsp3) is 1.00. The van der Waals surface area contributed by atoms with Gasteiger partial charge in [0, 0.05) is 18.1 Å². The highest BCUT2D eigenvalue weighted by atomic mass is 15.2. The number of hydrogen-bond donors (Lipinski definition) is 1. The maximum absolute atomic E-state index is 6.16. The van der Waals surface area contributed by atoms with E-state index in [1.165, 1.54) is 57.9 Å². The molecule has 2 saturated carbocycles. The SMILES string of the molecule is CC(CN)(CC1CC1)N1CCCC2CCCC21. The van der Waals surface area contributed by atoms with Crippen LogP contribution in [0.25, 0.3) is 0 Å². The fourth-order valence-electron chi connectivity index (χ4n) is 4.39. The van der Waals surface area contributed by atoms with E-state index in [-0.39, 0.29) is 0 Å². The molecule has 1 aliphatic heterocycles. The molecule has 2 N–H and O–H groups in total. The Morgan fingerprint density at radius 3 is 2.59 bits per heavy atom. The number of nitrogens with two attached hydrogens (primary N) is 1. The van der Waals surface area contributed by atoms with Crippen molar-refractivity contribution in [1.29, 1.82) is 0 Å². The molecular weight excluding hydrogens is 208 g/mol. The van der Waals surface area contributed by atoms with Crippen LogP contribution in [-0.4, -0.2) is 29.6 Å². The highest BCUT2D eigenvalue weighted by Crippen LogP contribution is 2.44. The van der Waals surface area contributed by atoms with Crippen LogP contribution in [0.2, 0.25) is 0 Å². The van der Waals surface area contributed by atoms with Crippen LogP contribution < -0.4 is 5.73 Å². The molecule has 3 unspecified atom stereocenters. The van der Waals surface area contributed by atoms with E-state index in [4.69, 9.17) is 5.73 Å². The molecule has 2 heteroatoms. The maximum atomic E-state index is 6.16. The molecule has 0 aromatic carbocycles. The largest absolute Gasteiger partial charge is 0.329 e. The second-order valence-corrected chi connectivity index (χ2v) is 6.94. The molecule has 2 aliphatic carbocycles. The first-order valence-electron chi connectivity index (χ1n) is 7.70. The van der Waals surface area contributed by atoms with Gasteiger partial charge in [0.1, 0.15) is 0 Å². The molecule has 0 spiro atoms. The Balaban J connectivity index is 1.74. The number of fused-ring (bicyclic) bond motifs is 1. The van der Waals surface area contributed by atoms with Gasteiger partial charge >= 0.3 is 0 Å². The van der Waals surface area contributed by atoms with Crippen molar-refractivity contribution in [3.05, 3.63) is 0 Å². The molecular formula is C15H28N2. The van der Waals surface area contributed by atoms with Crippen molar-refractivity contribution in [3.8, 4) is 0 Å². The molecule has 1 heterocycles. The Kier molecular flexibility index (Phi) is 3.20. The minimum Gasteiger partial charge on any atom is -0.329 e. The van der Waals surface area contributed by atoms with Gasteiger partial charge in [-0.1, -0.05) is 19.3 Å². The van der Waals surface area contributed by atoms with Crippen LogP contribution in [0.15, 0.2) is 0 Å². The third kappa shape index (κ3) is 2.26. The molecule has 3 aliphatic rings. The number of hydrogen-bond acceptors (Lipinski definition) is 2. The first-order chi connectivity index (χ1) is 8.23. The standard InChI is InChI=1S/C15H28N2/c1-15(11-16,10-12-7-8-12)17-9-3-5-13-4-2-6-14(13)17/h12-14H,2-11,16H2,1H3. The molecule has 3 fully saturated rings. The van der Waals surface area contributed by atoms with Crippen molar-refractivity contribution < 1.29 is 0 Å². The molecule has 1 saturated heterocycles. The first-order valence-corrected chi connectivity index (χ1v) is 7.70. The van der Waals surface area contributed by atoms with Gasteiger partial charge in [0.2, 0.25) is 0 Å². The Morgan fingerprint density at radius 2 is 1.88 bits per heavy atom. The van der Waals surface area contributed by atoms with E-state index in [1.54, 1.807) is 0 Å². The van der Waals surface area contributed by atoms with E-state index < -0.39 is 0 Å². The molecule has 98 valence electrons. The highest BCUT2D eigenvalue weighted by molar-refractivity contribution is 5.00. The van der Waals surface area contributed by atoms with E-state index in [2.05, 4.69) is 11.8 Å². The van der Waals surface area contributed by atoms with Gasteiger partial charge in [-0.3, -0.25) is 4.90 Å². The van der Waals surface area contributed by atoms with Crippen LogP contribution in [0, 0.1) is 11.8 Å². The second kappa shape index (κ2) is 4.55. The molecule has 3 atom stereocenters. The average molecular weight is 236 g/mol. The van der Waals surface area contributed by atoms with Crippen molar-refractivity contribution in [1.82, 2.24) is 4.90 Å². The zero-order valence-electron chi connectivity index (χ0n) is 11.3. The topological polar surface area (TPSA) is 29.3 Å². The summed E-state index contributed by atoms with van der Waals surface area (Å²) in [5.74, 6) is 1.99.